The molecule has 0 aliphatic carbocycles. The third-order valence-electron chi connectivity index (χ3n) is 1.95. The van der Waals surface area contributed by atoms with Crippen LogP contribution in [-0.2, 0) is 4.79 Å². The van der Waals surface area contributed by atoms with Crippen LogP contribution in [0.5, 0.6) is 0 Å². The molecule has 0 saturated heterocycles. The SMILES string of the molecule is C[C@@H](Nc1ccc(Cl)cc1C(=O)O)C(=O)O. The summed E-state index contributed by atoms with van der Waals surface area (Å²) in [6.07, 6.45) is 0. The van der Waals surface area contributed by atoms with Gasteiger partial charge in [-0.3, -0.25) is 4.79 Å². The lowest BCUT2D eigenvalue weighted by molar-refractivity contribution is -0.137. The first-order valence-electron chi connectivity index (χ1n) is 4.44. The van der Waals surface area contributed by atoms with E-state index >= 15 is 0 Å². The fourth-order valence-electron chi connectivity index (χ4n) is 1.11. The van der Waals surface area contributed by atoms with Crippen LogP contribution in [0.3, 0.4) is 0 Å². The highest BCUT2D eigenvalue weighted by molar-refractivity contribution is 6.31. The molecule has 0 unspecified atom stereocenters. The molecule has 0 aliphatic rings. The van der Waals surface area contributed by atoms with E-state index in [-0.39, 0.29) is 16.3 Å². The lowest BCUT2D eigenvalue weighted by Gasteiger charge is -2.13. The highest BCUT2D eigenvalue weighted by Gasteiger charge is 2.15. The maximum atomic E-state index is 10.9. The van der Waals surface area contributed by atoms with Crippen molar-refractivity contribution in [1.82, 2.24) is 0 Å². The van der Waals surface area contributed by atoms with Crippen molar-refractivity contribution in [2.45, 2.75) is 13.0 Å². The molecule has 1 rings (SSSR count). The quantitative estimate of drug-likeness (QED) is 0.752. The predicted molar refractivity (Wildman–Crippen MR) is 59.1 cm³/mol. The van der Waals surface area contributed by atoms with E-state index in [2.05, 4.69) is 5.32 Å². The average Bonchev–Trinajstić information content (AvgIpc) is 2.20. The Morgan fingerprint density at radius 3 is 2.50 bits per heavy atom. The molecule has 0 fully saturated rings. The summed E-state index contributed by atoms with van der Waals surface area (Å²) < 4.78 is 0. The molecular formula is C10H10ClNO4. The van der Waals surface area contributed by atoms with Gasteiger partial charge in [0.1, 0.15) is 6.04 Å². The number of carboxylic acid groups (broad SMARTS) is 2. The minimum absolute atomic E-state index is 0.0550. The van der Waals surface area contributed by atoms with Gasteiger partial charge in [0.15, 0.2) is 0 Å². The van der Waals surface area contributed by atoms with Gasteiger partial charge in [-0.05, 0) is 25.1 Å². The number of carbonyl (C=O) groups is 2. The van der Waals surface area contributed by atoms with Gasteiger partial charge < -0.3 is 15.5 Å². The zero-order valence-electron chi connectivity index (χ0n) is 8.40. The number of aliphatic carboxylic acids is 1. The molecule has 1 aromatic carbocycles. The summed E-state index contributed by atoms with van der Waals surface area (Å²) in [6.45, 7) is 1.42. The maximum Gasteiger partial charge on any atom is 0.337 e. The van der Waals surface area contributed by atoms with Gasteiger partial charge in [0.05, 0.1) is 5.56 Å². The number of anilines is 1. The van der Waals surface area contributed by atoms with Gasteiger partial charge in [0.2, 0.25) is 0 Å². The molecule has 0 amide bonds. The summed E-state index contributed by atoms with van der Waals surface area (Å²) in [4.78, 5) is 21.5. The zero-order chi connectivity index (χ0) is 12.3. The second-order valence-electron chi connectivity index (χ2n) is 3.20. The average molecular weight is 244 g/mol. The Morgan fingerprint density at radius 2 is 2.00 bits per heavy atom. The molecule has 0 heterocycles. The van der Waals surface area contributed by atoms with E-state index in [1.54, 1.807) is 0 Å². The molecule has 3 N–H and O–H groups in total. The van der Waals surface area contributed by atoms with Crippen molar-refractivity contribution in [3.8, 4) is 0 Å². The van der Waals surface area contributed by atoms with Crippen molar-refractivity contribution < 1.29 is 19.8 Å². The van der Waals surface area contributed by atoms with Gasteiger partial charge >= 0.3 is 11.9 Å². The first kappa shape index (κ1) is 12.3. The smallest absolute Gasteiger partial charge is 0.337 e. The Kier molecular flexibility index (Phi) is 3.73. The van der Waals surface area contributed by atoms with Gasteiger partial charge in [-0.25, -0.2) is 4.79 Å². The van der Waals surface area contributed by atoms with Crippen molar-refractivity contribution in [2.75, 3.05) is 5.32 Å². The van der Waals surface area contributed by atoms with Gasteiger partial charge in [0.25, 0.3) is 0 Å². The minimum Gasteiger partial charge on any atom is -0.480 e. The van der Waals surface area contributed by atoms with Crippen LogP contribution in [0.1, 0.15) is 17.3 Å². The number of halogens is 1. The molecule has 0 saturated carbocycles. The summed E-state index contributed by atoms with van der Waals surface area (Å²) in [5.74, 6) is -2.23. The van der Waals surface area contributed by atoms with Gasteiger partial charge in [0, 0.05) is 10.7 Å². The van der Waals surface area contributed by atoms with Crippen LogP contribution in [0.2, 0.25) is 5.02 Å². The fraction of sp³-hybridized carbons (Fsp3) is 0.200. The molecular weight excluding hydrogens is 234 g/mol. The maximum absolute atomic E-state index is 10.9. The second-order valence-corrected chi connectivity index (χ2v) is 3.64. The summed E-state index contributed by atoms with van der Waals surface area (Å²) in [5, 5.41) is 20.4. The van der Waals surface area contributed by atoms with Crippen molar-refractivity contribution >= 4 is 29.2 Å². The van der Waals surface area contributed by atoms with E-state index in [4.69, 9.17) is 21.8 Å². The van der Waals surface area contributed by atoms with Gasteiger partial charge in [-0.15, -0.1) is 0 Å². The Hall–Kier alpha value is -1.75. The molecule has 5 nitrogen and oxygen atoms in total. The molecule has 6 heteroatoms. The topological polar surface area (TPSA) is 86.6 Å². The van der Waals surface area contributed by atoms with E-state index in [1.165, 1.54) is 25.1 Å². The largest absolute Gasteiger partial charge is 0.480 e. The first-order chi connectivity index (χ1) is 7.41. The molecule has 0 spiro atoms. The highest BCUT2D eigenvalue weighted by atomic mass is 35.5. The fourth-order valence-corrected chi connectivity index (χ4v) is 1.29. The molecule has 0 radical (unpaired) electrons. The lowest BCUT2D eigenvalue weighted by atomic mass is 10.1. The normalized spacial score (nSPS) is 11.9. The molecule has 86 valence electrons. The van der Waals surface area contributed by atoms with Crippen molar-refractivity contribution in [3.63, 3.8) is 0 Å². The van der Waals surface area contributed by atoms with E-state index in [0.717, 1.165) is 0 Å². The van der Waals surface area contributed by atoms with Crippen LogP contribution in [0.25, 0.3) is 0 Å². The van der Waals surface area contributed by atoms with Crippen LogP contribution in [0.15, 0.2) is 18.2 Å². The monoisotopic (exact) mass is 243 g/mol. The first-order valence-corrected chi connectivity index (χ1v) is 4.82. The van der Waals surface area contributed by atoms with Crippen LogP contribution < -0.4 is 5.32 Å². The number of benzene rings is 1. The van der Waals surface area contributed by atoms with Crippen molar-refractivity contribution in [2.24, 2.45) is 0 Å². The van der Waals surface area contributed by atoms with Crippen LogP contribution in [-0.4, -0.2) is 28.2 Å². The van der Waals surface area contributed by atoms with E-state index in [9.17, 15) is 9.59 Å². The number of hydrogen-bond donors (Lipinski definition) is 3. The van der Waals surface area contributed by atoms with E-state index < -0.39 is 18.0 Å². The summed E-state index contributed by atoms with van der Waals surface area (Å²) >= 11 is 5.65. The third kappa shape index (κ3) is 2.87. The summed E-state index contributed by atoms with van der Waals surface area (Å²) in [7, 11) is 0. The predicted octanol–water partition coefficient (Wildman–Crippen LogP) is 1.92. The third-order valence-corrected chi connectivity index (χ3v) is 2.19. The molecule has 1 aromatic rings. The standard InChI is InChI=1S/C10H10ClNO4/c1-5(9(13)14)12-8-3-2-6(11)4-7(8)10(15)16/h2-5,12H,1H3,(H,13,14)(H,15,16)/t5-/m1/s1. The molecule has 0 bridgehead atoms. The molecule has 1 atom stereocenters. The number of rotatable bonds is 4. The van der Waals surface area contributed by atoms with Crippen LogP contribution in [0, 0.1) is 0 Å². The molecule has 16 heavy (non-hydrogen) atoms. The number of aromatic carboxylic acids is 1. The number of carboxylic acids is 2. The Morgan fingerprint density at radius 1 is 1.38 bits per heavy atom. The number of hydrogen-bond acceptors (Lipinski definition) is 3. The lowest BCUT2D eigenvalue weighted by Crippen LogP contribution is -2.26. The summed E-state index contributed by atoms with van der Waals surface area (Å²) in [5.41, 5.74) is 0.174. The Balaban J connectivity index is 3.04. The second kappa shape index (κ2) is 4.85. The Labute approximate surface area is 96.7 Å². The van der Waals surface area contributed by atoms with E-state index in [1.807, 2.05) is 0 Å². The Bertz CT molecular complexity index is 433. The minimum atomic E-state index is -1.16. The number of nitrogens with one attached hydrogen (secondary N) is 1. The van der Waals surface area contributed by atoms with Gasteiger partial charge in [-0.2, -0.15) is 0 Å². The van der Waals surface area contributed by atoms with Crippen molar-refractivity contribution in [3.05, 3.63) is 28.8 Å². The highest BCUT2D eigenvalue weighted by Crippen LogP contribution is 2.21. The van der Waals surface area contributed by atoms with E-state index in [0.29, 0.717) is 0 Å². The van der Waals surface area contributed by atoms with Crippen LogP contribution >= 0.6 is 11.6 Å². The van der Waals surface area contributed by atoms with Crippen molar-refractivity contribution in [1.29, 1.82) is 0 Å². The summed E-state index contributed by atoms with van der Waals surface area (Å²) in [6, 6.07) is 3.32. The van der Waals surface area contributed by atoms with Gasteiger partial charge in [-0.1, -0.05) is 11.6 Å². The zero-order valence-corrected chi connectivity index (χ0v) is 9.15. The molecule has 0 aliphatic heterocycles. The molecule has 0 aromatic heterocycles. The van der Waals surface area contributed by atoms with Crippen LogP contribution in [0.4, 0.5) is 5.69 Å².